The third-order valence-corrected chi connectivity index (χ3v) is 4.79. The number of nitrogens with one attached hydrogen (secondary N) is 3. The zero-order valence-electron chi connectivity index (χ0n) is 15.3. The maximum atomic E-state index is 13.2. The monoisotopic (exact) mass is 438 g/mol. The van der Waals surface area contributed by atoms with Crippen molar-refractivity contribution in [2.45, 2.75) is 37.3 Å². The van der Waals surface area contributed by atoms with Gasteiger partial charge in [-0.15, -0.1) is 24.8 Å². The summed E-state index contributed by atoms with van der Waals surface area (Å²) in [5, 5.41) is 8.27. The van der Waals surface area contributed by atoms with Crippen LogP contribution in [0.2, 0.25) is 0 Å². The van der Waals surface area contributed by atoms with Crippen LogP contribution >= 0.6 is 24.8 Å². The predicted molar refractivity (Wildman–Crippen MR) is 109 cm³/mol. The number of piperidine rings is 1. The van der Waals surface area contributed by atoms with Crippen LogP contribution in [0.4, 0.5) is 14.5 Å². The molecule has 6 nitrogen and oxygen atoms in total. The van der Waals surface area contributed by atoms with Gasteiger partial charge in [0.2, 0.25) is 11.8 Å². The summed E-state index contributed by atoms with van der Waals surface area (Å²) in [7, 11) is 0. The Balaban J connectivity index is 0.00000196. The lowest BCUT2D eigenvalue weighted by Crippen LogP contribution is -2.50. The van der Waals surface area contributed by atoms with Crippen LogP contribution in [0, 0.1) is 0 Å². The molecule has 1 aromatic carbocycles. The number of alkyl halides is 2. The highest BCUT2D eigenvalue weighted by Gasteiger charge is 2.42. The van der Waals surface area contributed by atoms with Crippen molar-refractivity contribution in [3.8, 4) is 0 Å². The fourth-order valence-corrected chi connectivity index (χ4v) is 3.36. The Labute approximate surface area is 175 Å². The molecule has 0 aliphatic carbocycles. The number of carbonyl (C=O) groups is 2. The van der Waals surface area contributed by atoms with Gasteiger partial charge in [-0.3, -0.25) is 19.8 Å². The minimum absolute atomic E-state index is 0. The van der Waals surface area contributed by atoms with Crippen molar-refractivity contribution in [1.82, 2.24) is 15.5 Å². The standard InChI is InChI=1S/C18H24F2N4O2.2ClH/c19-18(20)10-15(21-12-18)17(26)23-14-6-8-24(9-7-14)11-16(25)22-13-4-2-1-3-5-13;;/h1-5,14-15,21H,6-12H2,(H,22,25)(H,23,26);2*1H. The van der Waals surface area contributed by atoms with Crippen molar-refractivity contribution in [1.29, 1.82) is 0 Å². The van der Waals surface area contributed by atoms with Crippen LogP contribution in [0.1, 0.15) is 19.3 Å². The second-order valence-corrected chi connectivity index (χ2v) is 6.97. The molecule has 0 spiro atoms. The zero-order chi connectivity index (χ0) is 18.6. The van der Waals surface area contributed by atoms with E-state index >= 15 is 0 Å². The van der Waals surface area contributed by atoms with Crippen molar-refractivity contribution in [3.05, 3.63) is 30.3 Å². The van der Waals surface area contributed by atoms with Gasteiger partial charge in [0.1, 0.15) is 0 Å². The molecule has 0 bridgehead atoms. The molecule has 2 aliphatic heterocycles. The molecule has 10 heteroatoms. The molecule has 28 heavy (non-hydrogen) atoms. The smallest absolute Gasteiger partial charge is 0.262 e. The minimum Gasteiger partial charge on any atom is -0.352 e. The molecule has 0 radical (unpaired) electrons. The number of nitrogens with zero attached hydrogens (tertiary/aromatic N) is 1. The maximum Gasteiger partial charge on any atom is 0.262 e. The topological polar surface area (TPSA) is 73.5 Å². The van der Waals surface area contributed by atoms with Crippen LogP contribution in [-0.2, 0) is 9.59 Å². The van der Waals surface area contributed by atoms with Gasteiger partial charge in [0, 0.05) is 31.2 Å². The second-order valence-electron chi connectivity index (χ2n) is 6.97. The van der Waals surface area contributed by atoms with Gasteiger partial charge in [-0.25, -0.2) is 8.78 Å². The highest BCUT2D eigenvalue weighted by atomic mass is 35.5. The SMILES string of the molecule is Cl.Cl.O=C(CN1CCC(NC(=O)C2CC(F)(F)CN2)CC1)Nc1ccccc1. The number of rotatable bonds is 5. The molecule has 1 aromatic rings. The van der Waals surface area contributed by atoms with E-state index in [1.54, 1.807) is 0 Å². The molecule has 158 valence electrons. The van der Waals surface area contributed by atoms with E-state index < -0.39 is 24.9 Å². The molecule has 2 fully saturated rings. The number of para-hydroxylation sites is 1. The summed E-state index contributed by atoms with van der Waals surface area (Å²) in [4.78, 5) is 26.2. The van der Waals surface area contributed by atoms with Crippen molar-refractivity contribution >= 4 is 42.3 Å². The lowest BCUT2D eigenvalue weighted by atomic mass is 10.0. The normalized spacial score (nSPS) is 21.9. The molecule has 1 unspecified atom stereocenters. The van der Waals surface area contributed by atoms with Gasteiger partial charge in [0.25, 0.3) is 5.92 Å². The highest BCUT2D eigenvalue weighted by molar-refractivity contribution is 5.92. The first-order valence-corrected chi connectivity index (χ1v) is 8.90. The Kier molecular flexibility index (Phi) is 9.56. The Morgan fingerprint density at radius 2 is 1.79 bits per heavy atom. The molecule has 2 amide bonds. The van der Waals surface area contributed by atoms with Crippen LogP contribution in [-0.4, -0.2) is 60.9 Å². The summed E-state index contributed by atoms with van der Waals surface area (Å²) in [6.45, 7) is 1.22. The molecular formula is C18H26Cl2F2N4O2. The summed E-state index contributed by atoms with van der Waals surface area (Å²) in [5.41, 5.74) is 0.764. The van der Waals surface area contributed by atoms with E-state index in [-0.39, 0.29) is 42.7 Å². The fraction of sp³-hybridized carbons (Fsp3) is 0.556. The Hall–Kier alpha value is -1.48. The number of likely N-dealkylation sites (tertiary alicyclic amines) is 1. The number of halogens is 4. The summed E-state index contributed by atoms with van der Waals surface area (Å²) >= 11 is 0. The van der Waals surface area contributed by atoms with Crippen molar-refractivity contribution in [2.24, 2.45) is 0 Å². The van der Waals surface area contributed by atoms with E-state index in [0.29, 0.717) is 32.5 Å². The number of amides is 2. The number of hydrogen-bond acceptors (Lipinski definition) is 4. The summed E-state index contributed by atoms with van der Waals surface area (Å²) in [6, 6.07) is 8.42. The van der Waals surface area contributed by atoms with Crippen LogP contribution in [0.15, 0.2) is 30.3 Å². The van der Waals surface area contributed by atoms with Gasteiger partial charge in [-0.1, -0.05) is 18.2 Å². The maximum absolute atomic E-state index is 13.2. The Morgan fingerprint density at radius 1 is 1.14 bits per heavy atom. The fourth-order valence-electron chi connectivity index (χ4n) is 3.36. The van der Waals surface area contributed by atoms with Crippen LogP contribution in [0.3, 0.4) is 0 Å². The molecule has 0 saturated carbocycles. The molecule has 0 aromatic heterocycles. The predicted octanol–water partition coefficient (Wildman–Crippen LogP) is 2.05. The van der Waals surface area contributed by atoms with Gasteiger partial charge in [0.15, 0.2) is 0 Å². The van der Waals surface area contributed by atoms with E-state index in [0.717, 1.165) is 5.69 Å². The summed E-state index contributed by atoms with van der Waals surface area (Å²) in [6.07, 6.45) is 0.957. The molecule has 3 rings (SSSR count). The van der Waals surface area contributed by atoms with E-state index in [2.05, 4.69) is 16.0 Å². The first-order valence-electron chi connectivity index (χ1n) is 8.90. The molecule has 2 saturated heterocycles. The quantitative estimate of drug-likeness (QED) is 0.657. The third kappa shape index (κ3) is 7.16. The molecule has 2 aliphatic rings. The van der Waals surface area contributed by atoms with E-state index in [9.17, 15) is 18.4 Å². The van der Waals surface area contributed by atoms with Gasteiger partial charge >= 0.3 is 0 Å². The summed E-state index contributed by atoms with van der Waals surface area (Å²) in [5.74, 6) is -3.24. The largest absolute Gasteiger partial charge is 0.352 e. The highest BCUT2D eigenvalue weighted by Crippen LogP contribution is 2.25. The van der Waals surface area contributed by atoms with E-state index in [1.807, 2.05) is 35.2 Å². The molecular weight excluding hydrogens is 413 g/mol. The molecule has 3 N–H and O–H groups in total. The minimum atomic E-state index is -2.81. The van der Waals surface area contributed by atoms with E-state index in [4.69, 9.17) is 0 Å². The first kappa shape index (κ1) is 24.6. The number of benzene rings is 1. The average Bonchev–Trinajstić information content (AvgIpc) is 2.97. The summed E-state index contributed by atoms with van der Waals surface area (Å²) < 4.78 is 26.4. The van der Waals surface area contributed by atoms with Gasteiger partial charge in [-0.05, 0) is 25.0 Å². The average molecular weight is 439 g/mol. The molecule has 1 atom stereocenters. The van der Waals surface area contributed by atoms with Gasteiger partial charge in [0.05, 0.1) is 19.1 Å². The third-order valence-electron chi connectivity index (χ3n) is 4.79. The van der Waals surface area contributed by atoms with Crippen molar-refractivity contribution < 1.29 is 18.4 Å². The lowest BCUT2D eigenvalue weighted by Gasteiger charge is -2.32. The molecule has 2 heterocycles. The lowest BCUT2D eigenvalue weighted by molar-refractivity contribution is -0.124. The van der Waals surface area contributed by atoms with Crippen molar-refractivity contribution in [3.63, 3.8) is 0 Å². The van der Waals surface area contributed by atoms with Gasteiger partial charge < -0.3 is 10.6 Å². The Bertz CT molecular complexity index is 644. The number of anilines is 1. The second kappa shape index (κ2) is 10.9. The number of hydrogen-bond donors (Lipinski definition) is 3. The number of carbonyl (C=O) groups excluding carboxylic acids is 2. The van der Waals surface area contributed by atoms with E-state index in [1.165, 1.54) is 0 Å². The Morgan fingerprint density at radius 3 is 2.36 bits per heavy atom. The van der Waals surface area contributed by atoms with Crippen molar-refractivity contribution in [2.75, 3.05) is 31.5 Å². The first-order chi connectivity index (χ1) is 12.4. The van der Waals surface area contributed by atoms with Crippen LogP contribution < -0.4 is 16.0 Å². The van der Waals surface area contributed by atoms with Crippen LogP contribution in [0.5, 0.6) is 0 Å². The van der Waals surface area contributed by atoms with Crippen LogP contribution in [0.25, 0.3) is 0 Å². The van der Waals surface area contributed by atoms with Gasteiger partial charge in [-0.2, -0.15) is 0 Å². The zero-order valence-corrected chi connectivity index (χ0v) is 17.0.